The molecule has 1 N–H and O–H groups in total. The first-order valence-electron chi connectivity index (χ1n) is 11.3. The van der Waals surface area contributed by atoms with Gasteiger partial charge in [-0.2, -0.15) is 0 Å². The van der Waals surface area contributed by atoms with E-state index in [1.165, 1.54) is 12.0 Å². The minimum atomic E-state index is -0.729. The number of hydrogen-bond acceptors (Lipinski definition) is 6. The largest absolute Gasteiger partial charge is 0.503 e. The van der Waals surface area contributed by atoms with Crippen molar-refractivity contribution in [2.24, 2.45) is 0 Å². The van der Waals surface area contributed by atoms with Gasteiger partial charge >= 0.3 is 0 Å². The van der Waals surface area contributed by atoms with Crippen molar-refractivity contribution in [1.29, 1.82) is 0 Å². The zero-order chi connectivity index (χ0) is 24.4. The topological polar surface area (TPSA) is 89.2 Å². The summed E-state index contributed by atoms with van der Waals surface area (Å²) in [6, 6.07) is 14.0. The highest BCUT2D eigenvalue weighted by Crippen LogP contribution is 2.40. The number of carbonyl (C=O) groups is 2. The Bertz CT molecular complexity index is 1240. The van der Waals surface area contributed by atoms with Crippen molar-refractivity contribution >= 4 is 22.7 Å². The average molecular weight is 464 g/mol. The van der Waals surface area contributed by atoms with Gasteiger partial charge in [0, 0.05) is 25.6 Å². The zero-order valence-corrected chi connectivity index (χ0v) is 19.8. The van der Waals surface area contributed by atoms with Crippen molar-refractivity contribution in [3.05, 3.63) is 76.8 Å². The summed E-state index contributed by atoms with van der Waals surface area (Å²) in [7, 11) is 3.12. The van der Waals surface area contributed by atoms with E-state index in [-0.39, 0.29) is 11.3 Å². The van der Waals surface area contributed by atoms with Crippen molar-refractivity contribution in [3.8, 4) is 5.75 Å². The van der Waals surface area contributed by atoms with Crippen LogP contribution in [-0.4, -0.2) is 49.1 Å². The minimum Gasteiger partial charge on any atom is -0.503 e. The fourth-order valence-electron chi connectivity index (χ4n) is 4.35. The molecule has 0 bridgehead atoms. The molecule has 2 heterocycles. The molecule has 3 aromatic rings. The van der Waals surface area contributed by atoms with Crippen LogP contribution in [0.3, 0.4) is 0 Å². The number of rotatable bonds is 9. The average Bonchev–Trinajstić information content (AvgIpc) is 3.38. The van der Waals surface area contributed by atoms with E-state index in [4.69, 9.17) is 13.9 Å². The number of fused-ring (bicyclic) bond motifs is 1. The molecule has 0 aliphatic carbocycles. The van der Waals surface area contributed by atoms with Gasteiger partial charge in [-0.3, -0.25) is 9.59 Å². The van der Waals surface area contributed by atoms with E-state index < -0.39 is 23.5 Å². The summed E-state index contributed by atoms with van der Waals surface area (Å²) in [6.07, 6.45) is 0.569. The van der Waals surface area contributed by atoms with Crippen LogP contribution >= 0.6 is 0 Å². The van der Waals surface area contributed by atoms with Crippen LogP contribution in [0.5, 0.6) is 5.75 Å². The number of carbonyl (C=O) groups excluding carboxylic acids is 2. The number of para-hydroxylation sites is 1. The number of aliphatic hydroxyl groups excluding tert-OH is 1. The van der Waals surface area contributed by atoms with Crippen LogP contribution in [0, 0.1) is 0 Å². The van der Waals surface area contributed by atoms with Crippen molar-refractivity contribution in [1.82, 2.24) is 4.90 Å². The normalized spacial score (nSPS) is 16.2. The van der Waals surface area contributed by atoms with Crippen LogP contribution in [0.15, 0.2) is 64.3 Å². The van der Waals surface area contributed by atoms with Crippen LogP contribution < -0.4 is 4.74 Å². The highest BCUT2D eigenvalue weighted by atomic mass is 16.5. The number of ketones is 1. The molecule has 2 aromatic carbocycles. The van der Waals surface area contributed by atoms with Crippen LogP contribution in [0.4, 0.5) is 0 Å². The molecule has 1 aromatic heterocycles. The lowest BCUT2D eigenvalue weighted by Gasteiger charge is -2.27. The van der Waals surface area contributed by atoms with E-state index in [2.05, 4.69) is 13.8 Å². The first-order valence-corrected chi connectivity index (χ1v) is 11.3. The fraction of sp³-hybridized carbons (Fsp3) is 0.333. The fourth-order valence-corrected chi connectivity index (χ4v) is 4.35. The van der Waals surface area contributed by atoms with Crippen LogP contribution in [-0.2, 0) is 9.53 Å². The molecule has 34 heavy (non-hydrogen) atoms. The number of methoxy groups -OCH3 is 2. The van der Waals surface area contributed by atoms with Crippen molar-refractivity contribution < 1.29 is 28.6 Å². The molecule has 1 aliphatic heterocycles. The Kier molecular flexibility index (Phi) is 6.75. The third kappa shape index (κ3) is 4.19. The van der Waals surface area contributed by atoms with Gasteiger partial charge in [0.1, 0.15) is 0 Å². The Balaban J connectivity index is 1.77. The number of nitrogens with zero attached hydrogens (tertiary/aromatic N) is 1. The smallest absolute Gasteiger partial charge is 0.290 e. The van der Waals surface area contributed by atoms with E-state index in [0.717, 1.165) is 11.1 Å². The number of aliphatic hydroxyl groups is 1. The Morgan fingerprint density at radius 1 is 1.15 bits per heavy atom. The molecule has 0 saturated carbocycles. The van der Waals surface area contributed by atoms with Gasteiger partial charge in [-0.15, -0.1) is 0 Å². The van der Waals surface area contributed by atoms with Gasteiger partial charge < -0.3 is 23.9 Å². The number of Topliss-reactive ketones (excluding diaryl/α,β-unsaturated/α-hetero) is 1. The molecule has 1 amide bonds. The number of ether oxygens (including phenoxy) is 2. The summed E-state index contributed by atoms with van der Waals surface area (Å²) in [5, 5.41) is 11.5. The molecule has 0 saturated heterocycles. The monoisotopic (exact) mass is 463 g/mol. The standard InChI is InChI=1S/C27H29NO6/c1-16(2)17-9-11-18(12-10-17)23-22(25(30)27(31)28(23)13-6-14-32-3)24(29)21-15-19-7-5-8-20(33-4)26(19)34-21/h5,7-12,15-16,23,30H,6,13-14H2,1-4H3. The Hall–Kier alpha value is -3.58. The molecule has 7 heteroatoms. The molecule has 7 nitrogen and oxygen atoms in total. The molecule has 4 rings (SSSR count). The van der Waals surface area contributed by atoms with Crippen molar-refractivity contribution in [3.63, 3.8) is 0 Å². The maximum atomic E-state index is 13.7. The van der Waals surface area contributed by atoms with Gasteiger partial charge in [-0.25, -0.2) is 0 Å². The number of amides is 1. The van der Waals surface area contributed by atoms with Crippen LogP contribution in [0.2, 0.25) is 0 Å². The molecule has 0 fully saturated rings. The SMILES string of the molecule is COCCCN1C(=O)C(O)=C(C(=O)c2cc3cccc(OC)c3o2)C1c1ccc(C(C)C)cc1. The van der Waals surface area contributed by atoms with E-state index in [1.807, 2.05) is 30.3 Å². The Morgan fingerprint density at radius 3 is 2.53 bits per heavy atom. The first-order chi connectivity index (χ1) is 16.4. The molecular formula is C27H29NO6. The summed E-state index contributed by atoms with van der Waals surface area (Å²) >= 11 is 0. The molecular weight excluding hydrogens is 434 g/mol. The van der Waals surface area contributed by atoms with Gasteiger partial charge in [-0.05, 0) is 35.6 Å². The van der Waals surface area contributed by atoms with Crippen LogP contribution in [0.25, 0.3) is 11.0 Å². The Morgan fingerprint density at radius 2 is 1.88 bits per heavy atom. The lowest BCUT2D eigenvalue weighted by atomic mass is 9.93. The number of hydrogen-bond donors (Lipinski definition) is 1. The maximum Gasteiger partial charge on any atom is 0.290 e. The zero-order valence-electron chi connectivity index (χ0n) is 19.8. The van der Waals surface area contributed by atoms with Crippen LogP contribution in [0.1, 0.15) is 53.9 Å². The lowest BCUT2D eigenvalue weighted by Crippen LogP contribution is -2.32. The second-order valence-corrected chi connectivity index (χ2v) is 8.65. The summed E-state index contributed by atoms with van der Waals surface area (Å²) in [5.74, 6) is -0.779. The van der Waals surface area contributed by atoms with Gasteiger partial charge in [0.15, 0.2) is 22.9 Å². The Labute approximate surface area is 198 Å². The van der Waals surface area contributed by atoms with E-state index in [9.17, 15) is 14.7 Å². The second-order valence-electron chi connectivity index (χ2n) is 8.65. The lowest BCUT2D eigenvalue weighted by molar-refractivity contribution is -0.129. The highest BCUT2D eigenvalue weighted by molar-refractivity contribution is 6.16. The van der Waals surface area contributed by atoms with Gasteiger partial charge in [0.05, 0.1) is 18.7 Å². The van der Waals surface area contributed by atoms with Gasteiger partial charge in [0.25, 0.3) is 5.91 Å². The minimum absolute atomic E-state index is 0.0118. The third-order valence-electron chi connectivity index (χ3n) is 6.17. The van der Waals surface area contributed by atoms with E-state index in [0.29, 0.717) is 42.2 Å². The number of benzene rings is 2. The van der Waals surface area contributed by atoms with Crippen molar-refractivity contribution in [2.75, 3.05) is 27.4 Å². The van der Waals surface area contributed by atoms with Gasteiger partial charge in [-0.1, -0.05) is 50.2 Å². The predicted octanol–water partition coefficient (Wildman–Crippen LogP) is 5.18. The molecule has 0 radical (unpaired) electrons. The molecule has 178 valence electrons. The highest BCUT2D eigenvalue weighted by Gasteiger charge is 2.44. The van der Waals surface area contributed by atoms with E-state index in [1.54, 1.807) is 25.3 Å². The number of furan rings is 1. The second kappa shape index (κ2) is 9.73. The first kappa shape index (κ1) is 23.6. The summed E-state index contributed by atoms with van der Waals surface area (Å²) in [5.41, 5.74) is 2.34. The molecule has 1 atom stereocenters. The van der Waals surface area contributed by atoms with Crippen molar-refractivity contribution in [2.45, 2.75) is 32.2 Å². The summed E-state index contributed by atoms with van der Waals surface area (Å²) in [4.78, 5) is 28.2. The van der Waals surface area contributed by atoms with E-state index >= 15 is 0 Å². The molecule has 1 unspecified atom stereocenters. The molecule has 0 spiro atoms. The maximum absolute atomic E-state index is 13.7. The quantitative estimate of drug-likeness (QED) is 0.347. The van der Waals surface area contributed by atoms with Gasteiger partial charge in [0.2, 0.25) is 5.78 Å². The summed E-state index contributed by atoms with van der Waals surface area (Å²) in [6.45, 7) is 4.98. The summed E-state index contributed by atoms with van der Waals surface area (Å²) < 4.78 is 16.3. The predicted molar refractivity (Wildman–Crippen MR) is 128 cm³/mol. The third-order valence-corrected chi connectivity index (χ3v) is 6.17. The molecule has 1 aliphatic rings.